The summed E-state index contributed by atoms with van der Waals surface area (Å²) >= 11 is 0. The van der Waals surface area contributed by atoms with Crippen molar-refractivity contribution in [1.82, 2.24) is 0 Å². The van der Waals surface area contributed by atoms with Crippen molar-refractivity contribution in [2.75, 3.05) is 26.4 Å². The molecule has 9 nitrogen and oxygen atoms in total. The number of carbonyl (C=O) groups is 2. The molecule has 10 heteroatoms. The Morgan fingerprint density at radius 3 is 1.70 bits per heavy atom. The number of hydrogen-bond donors (Lipinski definition) is 2. The van der Waals surface area contributed by atoms with E-state index in [0.29, 0.717) is 12.8 Å². The quantitative estimate of drug-likeness (QED) is 0.0283. The molecule has 0 aliphatic rings. The Morgan fingerprint density at radius 1 is 0.620 bits per heavy atom. The monoisotopic (exact) mass is 723 g/mol. The van der Waals surface area contributed by atoms with Crippen LogP contribution in [0.15, 0.2) is 60.8 Å². The molecular formula is C40H70NO8P. The molecule has 0 aromatic heterocycles. The Bertz CT molecular complexity index is 1010. The molecule has 0 bridgehead atoms. The van der Waals surface area contributed by atoms with E-state index in [-0.39, 0.29) is 32.6 Å². The van der Waals surface area contributed by atoms with Gasteiger partial charge < -0.3 is 20.1 Å². The van der Waals surface area contributed by atoms with Crippen molar-refractivity contribution in [2.45, 2.75) is 155 Å². The van der Waals surface area contributed by atoms with E-state index in [1.165, 1.54) is 38.5 Å². The third-order valence-electron chi connectivity index (χ3n) is 7.64. The number of hydrogen-bond acceptors (Lipinski definition) is 8. The third kappa shape index (κ3) is 35.5. The molecular weight excluding hydrogens is 653 g/mol. The fourth-order valence-electron chi connectivity index (χ4n) is 4.79. The average molecular weight is 724 g/mol. The van der Waals surface area contributed by atoms with Crippen LogP contribution in [-0.4, -0.2) is 49.3 Å². The van der Waals surface area contributed by atoms with Crippen molar-refractivity contribution in [2.24, 2.45) is 5.73 Å². The van der Waals surface area contributed by atoms with Crippen LogP contribution >= 0.6 is 7.82 Å². The molecule has 0 saturated heterocycles. The molecule has 0 aromatic carbocycles. The molecule has 50 heavy (non-hydrogen) atoms. The predicted molar refractivity (Wildman–Crippen MR) is 206 cm³/mol. The van der Waals surface area contributed by atoms with Crippen LogP contribution in [0.3, 0.4) is 0 Å². The van der Waals surface area contributed by atoms with Crippen LogP contribution in [0.2, 0.25) is 0 Å². The van der Waals surface area contributed by atoms with E-state index >= 15 is 0 Å². The Labute approximate surface area is 304 Å². The number of nitrogens with two attached hydrogens (primary N) is 1. The molecule has 1 unspecified atom stereocenters. The highest BCUT2D eigenvalue weighted by Gasteiger charge is 2.25. The predicted octanol–water partition coefficient (Wildman–Crippen LogP) is 10.5. The largest absolute Gasteiger partial charge is 0.472 e. The fraction of sp³-hybridized carbons (Fsp3) is 0.700. The summed E-state index contributed by atoms with van der Waals surface area (Å²) < 4.78 is 32.6. The van der Waals surface area contributed by atoms with Crippen molar-refractivity contribution in [1.29, 1.82) is 0 Å². The molecule has 3 N–H and O–H groups in total. The second kappa shape index (κ2) is 36.5. The molecule has 0 aliphatic carbocycles. The highest BCUT2D eigenvalue weighted by Crippen LogP contribution is 2.43. The first-order valence-electron chi connectivity index (χ1n) is 19.3. The molecule has 2 atom stereocenters. The number of esters is 2. The van der Waals surface area contributed by atoms with E-state index in [0.717, 1.165) is 70.6 Å². The molecule has 0 saturated carbocycles. The normalized spacial score (nSPS) is 14.1. The minimum atomic E-state index is -4.38. The summed E-state index contributed by atoms with van der Waals surface area (Å²) in [5.74, 6) is -0.894. The topological polar surface area (TPSA) is 134 Å². The van der Waals surface area contributed by atoms with Gasteiger partial charge in [-0.3, -0.25) is 18.6 Å². The van der Waals surface area contributed by atoms with Crippen molar-refractivity contribution in [3.05, 3.63) is 60.8 Å². The van der Waals surface area contributed by atoms with Crippen LogP contribution in [-0.2, 0) is 32.7 Å². The summed E-state index contributed by atoms with van der Waals surface area (Å²) in [5, 5.41) is 0. The van der Waals surface area contributed by atoms with E-state index in [4.69, 9.17) is 24.3 Å². The molecule has 0 amide bonds. The van der Waals surface area contributed by atoms with Crippen LogP contribution < -0.4 is 5.73 Å². The van der Waals surface area contributed by atoms with Gasteiger partial charge in [0.1, 0.15) is 6.61 Å². The molecule has 0 fully saturated rings. The van der Waals surface area contributed by atoms with Gasteiger partial charge >= 0.3 is 19.8 Å². The summed E-state index contributed by atoms with van der Waals surface area (Å²) in [4.78, 5) is 34.7. The highest BCUT2D eigenvalue weighted by molar-refractivity contribution is 7.47. The van der Waals surface area contributed by atoms with Gasteiger partial charge in [-0.05, 0) is 77.0 Å². The van der Waals surface area contributed by atoms with Gasteiger partial charge in [0.2, 0.25) is 0 Å². The zero-order valence-corrected chi connectivity index (χ0v) is 32.3. The van der Waals surface area contributed by atoms with Crippen LogP contribution in [0.1, 0.15) is 149 Å². The van der Waals surface area contributed by atoms with Crippen molar-refractivity contribution in [3.63, 3.8) is 0 Å². The first-order chi connectivity index (χ1) is 24.3. The lowest BCUT2D eigenvalue weighted by Crippen LogP contribution is -2.29. The first-order valence-corrected chi connectivity index (χ1v) is 20.8. The van der Waals surface area contributed by atoms with Gasteiger partial charge in [-0.2, -0.15) is 0 Å². The number of ether oxygens (including phenoxy) is 2. The molecule has 288 valence electrons. The van der Waals surface area contributed by atoms with Crippen LogP contribution in [0.4, 0.5) is 0 Å². The van der Waals surface area contributed by atoms with Gasteiger partial charge in [-0.15, -0.1) is 0 Å². The van der Waals surface area contributed by atoms with E-state index in [1.807, 2.05) is 0 Å². The molecule has 0 aliphatic heterocycles. The van der Waals surface area contributed by atoms with Crippen LogP contribution in [0.5, 0.6) is 0 Å². The summed E-state index contributed by atoms with van der Waals surface area (Å²) in [6.45, 7) is 3.52. The third-order valence-corrected chi connectivity index (χ3v) is 8.62. The van der Waals surface area contributed by atoms with Crippen LogP contribution in [0, 0.1) is 0 Å². The number of rotatable bonds is 35. The maximum absolute atomic E-state index is 12.5. The van der Waals surface area contributed by atoms with E-state index in [1.54, 1.807) is 0 Å². The highest BCUT2D eigenvalue weighted by atomic mass is 31.2. The fourth-order valence-corrected chi connectivity index (χ4v) is 5.56. The lowest BCUT2D eigenvalue weighted by Gasteiger charge is -2.19. The lowest BCUT2D eigenvalue weighted by atomic mass is 10.1. The number of carbonyl (C=O) groups excluding carboxylic acids is 2. The van der Waals surface area contributed by atoms with Gasteiger partial charge in [0.05, 0.1) is 13.2 Å². The van der Waals surface area contributed by atoms with Crippen molar-refractivity contribution in [3.8, 4) is 0 Å². The smallest absolute Gasteiger partial charge is 0.462 e. The Morgan fingerprint density at radius 2 is 1.10 bits per heavy atom. The number of unbranched alkanes of at least 4 members (excludes halogenated alkanes) is 12. The first kappa shape index (κ1) is 47.7. The zero-order valence-electron chi connectivity index (χ0n) is 31.4. The minimum Gasteiger partial charge on any atom is -0.462 e. The van der Waals surface area contributed by atoms with E-state index < -0.39 is 32.5 Å². The standard InChI is InChI=1S/C40H70NO8P/c1-3-5-7-9-11-13-15-17-19-21-22-24-26-28-30-32-39(42)46-36-38(37-48-50(44,45)47-35-34-41)49-40(43)33-31-29-27-25-23-20-18-16-14-12-10-8-6-4-2/h5,7,11,13,16-19,22,24,38H,3-4,6,8-10,12,14-15,20-21,23,25-37,41H2,1-2H3,(H,44,45)/b7-5-,13-11-,18-16-,19-17-,24-22-/t38-/m1/s1. The average Bonchev–Trinajstić information content (AvgIpc) is 3.10. The number of phosphoric ester groups is 1. The number of phosphoric acid groups is 1. The Kier molecular flexibility index (Phi) is 34.8. The molecule has 0 heterocycles. The SMILES string of the molecule is CC/C=C\C/C=C\C/C=C\C/C=C\CCCCC(=O)OC[C@H](COP(=O)(O)OCCN)OC(=O)CCCCCCC/C=C\CCCCCCC. The summed E-state index contributed by atoms with van der Waals surface area (Å²) in [5.41, 5.74) is 5.33. The van der Waals surface area contributed by atoms with Crippen LogP contribution in [0.25, 0.3) is 0 Å². The van der Waals surface area contributed by atoms with E-state index in [9.17, 15) is 19.0 Å². The van der Waals surface area contributed by atoms with Gasteiger partial charge in [0.15, 0.2) is 6.10 Å². The zero-order chi connectivity index (χ0) is 36.8. The summed E-state index contributed by atoms with van der Waals surface area (Å²) in [7, 11) is -4.38. The maximum atomic E-state index is 12.5. The summed E-state index contributed by atoms with van der Waals surface area (Å²) in [6, 6.07) is 0. The minimum absolute atomic E-state index is 0.0438. The molecule has 0 rings (SSSR count). The molecule has 0 radical (unpaired) electrons. The van der Waals surface area contributed by atoms with Gasteiger partial charge in [0, 0.05) is 19.4 Å². The molecule has 0 spiro atoms. The van der Waals surface area contributed by atoms with Crippen molar-refractivity contribution < 1.29 is 37.6 Å². The van der Waals surface area contributed by atoms with Gasteiger partial charge in [-0.25, -0.2) is 4.57 Å². The van der Waals surface area contributed by atoms with E-state index in [2.05, 4.69) is 74.6 Å². The second-order valence-electron chi connectivity index (χ2n) is 12.4. The Hall–Kier alpha value is -2.29. The van der Waals surface area contributed by atoms with Gasteiger partial charge in [0.25, 0.3) is 0 Å². The maximum Gasteiger partial charge on any atom is 0.472 e. The molecule has 0 aromatic rings. The second-order valence-corrected chi connectivity index (χ2v) is 13.9. The lowest BCUT2D eigenvalue weighted by molar-refractivity contribution is -0.161. The summed E-state index contributed by atoms with van der Waals surface area (Å²) in [6.07, 6.45) is 41.1. The Balaban J connectivity index is 4.32. The van der Waals surface area contributed by atoms with Gasteiger partial charge in [-0.1, -0.05) is 120 Å². The number of allylic oxidation sites excluding steroid dienone is 10. The van der Waals surface area contributed by atoms with Crippen molar-refractivity contribution >= 4 is 19.8 Å².